The lowest BCUT2D eigenvalue weighted by atomic mass is 9.62. The molecule has 0 amide bonds. The Labute approximate surface area is 269 Å². The Balaban J connectivity index is 0.896. The van der Waals surface area contributed by atoms with Gasteiger partial charge in [-0.2, -0.15) is 11.8 Å². The van der Waals surface area contributed by atoms with Gasteiger partial charge in [-0.3, -0.25) is 4.90 Å². The van der Waals surface area contributed by atoms with E-state index in [1.54, 1.807) is 64.2 Å². The molecule has 0 aromatic heterocycles. The van der Waals surface area contributed by atoms with Crippen LogP contribution in [0.2, 0.25) is 0 Å². The fourth-order valence-corrected chi connectivity index (χ4v) is 17.0. The molecule has 2 saturated heterocycles. The van der Waals surface area contributed by atoms with Crippen LogP contribution in [0, 0.1) is 47.3 Å². The van der Waals surface area contributed by atoms with Crippen molar-refractivity contribution in [3.05, 3.63) is 0 Å². The maximum Gasteiger partial charge on any atom is 0.0621 e. The van der Waals surface area contributed by atoms with Crippen molar-refractivity contribution in [1.82, 2.24) is 4.90 Å². The van der Waals surface area contributed by atoms with Gasteiger partial charge in [-0.25, -0.2) is 0 Å². The summed E-state index contributed by atoms with van der Waals surface area (Å²) in [5, 5.41) is 1.96. The van der Waals surface area contributed by atoms with E-state index in [1.807, 2.05) is 0 Å². The average molecular weight is 608 g/mol. The first-order chi connectivity index (χ1) is 21.3. The average Bonchev–Trinajstić information content (AvgIpc) is 3.64. The van der Waals surface area contributed by atoms with Gasteiger partial charge in [0.2, 0.25) is 0 Å². The standard InChI is InChI=1S/C40H65NOS/c1-2-12-28(13-3-1)41(35-18-8-11-26-10-4-5-14-30(26)35)29-22-20-27(21-23-29)31-16-9-17-32-33-24-25-37-38(40(33)43-39(31)32)34-15-6-7-19-36(34)42-37/h26-40H,1-25H2. The molecule has 12 atom stereocenters. The highest BCUT2D eigenvalue weighted by molar-refractivity contribution is 8.00. The van der Waals surface area contributed by atoms with E-state index in [4.69, 9.17) is 4.74 Å². The summed E-state index contributed by atoms with van der Waals surface area (Å²) in [6.45, 7) is 0. The van der Waals surface area contributed by atoms with Gasteiger partial charge in [-0.15, -0.1) is 0 Å². The van der Waals surface area contributed by atoms with Crippen LogP contribution >= 0.6 is 11.8 Å². The SMILES string of the molecule is C1CCC(N(C2CCC(C3CCCC4C5CCC6OC7CCCCC7C6C5SC34)CC2)C2CCCC3CCCCC32)CC1. The predicted molar refractivity (Wildman–Crippen MR) is 180 cm³/mol. The monoisotopic (exact) mass is 607 g/mol. The second-order valence-electron chi connectivity index (χ2n) is 17.8. The van der Waals surface area contributed by atoms with E-state index in [0.29, 0.717) is 12.2 Å². The van der Waals surface area contributed by atoms with E-state index in [-0.39, 0.29) is 0 Å². The Morgan fingerprint density at radius 1 is 0.395 bits per heavy atom. The summed E-state index contributed by atoms with van der Waals surface area (Å²) in [6, 6.07) is 2.79. The fourth-order valence-electron chi connectivity index (χ4n) is 14.4. The first kappa shape index (κ1) is 29.4. The van der Waals surface area contributed by atoms with Gasteiger partial charge in [0.05, 0.1) is 12.2 Å². The zero-order chi connectivity index (χ0) is 28.3. The summed E-state index contributed by atoms with van der Waals surface area (Å²) in [6.07, 6.45) is 39.2. The number of fused-ring (bicyclic) bond motifs is 8. The molecule has 7 saturated carbocycles. The molecule has 0 radical (unpaired) electrons. The topological polar surface area (TPSA) is 12.5 Å². The third-order valence-electron chi connectivity index (χ3n) is 16.1. The minimum Gasteiger partial charge on any atom is -0.374 e. The van der Waals surface area contributed by atoms with Crippen LogP contribution < -0.4 is 0 Å². The van der Waals surface area contributed by atoms with Crippen molar-refractivity contribution in [3.8, 4) is 0 Å². The summed E-state index contributed by atoms with van der Waals surface area (Å²) in [5.41, 5.74) is 0. The fraction of sp³-hybridized carbons (Fsp3) is 1.00. The van der Waals surface area contributed by atoms with Crippen molar-refractivity contribution < 1.29 is 4.74 Å². The molecule has 43 heavy (non-hydrogen) atoms. The minimum atomic E-state index is 0.630. The quantitative estimate of drug-likeness (QED) is 0.315. The Morgan fingerprint density at radius 2 is 1.02 bits per heavy atom. The van der Waals surface area contributed by atoms with Gasteiger partial charge in [0.15, 0.2) is 0 Å². The highest BCUT2D eigenvalue weighted by Gasteiger charge is 2.59. The first-order valence-corrected chi connectivity index (χ1v) is 21.4. The van der Waals surface area contributed by atoms with E-state index in [9.17, 15) is 0 Å². The van der Waals surface area contributed by atoms with E-state index in [2.05, 4.69) is 16.7 Å². The van der Waals surface area contributed by atoms with Crippen molar-refractivity contribution in [2.24, 2.45) is 47.3 Å². The number of ether oxygens (including phenoxy) is 1. The first-order valence-electron chi connectivity index (χ1n) is 20.4. The van der Waals surface area contributed by atoms with Gasteiger partial charge < -0.3 is 4.74 Å². The molecule has 0 bridgehead atoms. The molecule has 2 nitrogen and oxygen atoms in total. The lowest BCUT2D eigenvalue weighted by molar-refractivity contribution is -0.0392. The molecular weight excluding hydrogens is 543 g/mol. The third kappa shape index (κ3) is 5.34. The largest absolute Gasteiger partial charge is 0.374 e. The van der Waals surface area contributed by atoms with E-state index in [0.717, 1.165) is 76.0 Å². The Morgan fingerprint density at radius 3 is 1.91 bits per heavy atom. The van der Waals surface area contributed by atoms with Crippen LogP contribution in [0.25, 0.3) is 0 Å². The summed E-state index contributed by atoms with van der Waals surface area (Å²) in [4.78, 5) is 3.32. The van der Waals surface area contributed by atoms with Gasteiger partial charge in [0.25, 0.3) is 0 Å². The molecule has 7 aliphatic carbocycles. The van der Waals surface area contributed by atoms with E-state index in [1.165, 1.54) is 96.3 Å². The Bertz CT molecular complexity index is 939. The van der Waals surface area contributed by atoms with E-state index >= 15 is 0 Å². The zero-order valence-corrected chi connectivity index (χ0v) is 28.4. The molecule has 0 aromatic carbocycles. The Kier molecular flexibility index (Phi) is 8.69. The van der Waals surface area contributed by atoms with Gasteiger partial charge in [-0.1, -0.05) is 70.6 Å². The second-order valence-corrected chi connectivity index (χ2v) is 19.2. The van der Waals surface area contributed by atoms with Crippen molar-refractivity contribution in [2.75, 3.05) is 0 Å². The smallest absolute Gasteiger partial charge is 0.0621 e. The van der Waals surface area contributed by atoms with Gasteiger partial charge in [0, 0.05) is 34.5 Å². The van der Waals surface area contributed by atoms with Crippen molar-refractivity contribution in [3.63, 3.8) is 0 Å². The molecule has 9 aliphatic rings. The van der Waals surface area contributed by atoms with Gasteiger partial charge in [0.1, 0.15) is 0 Å². The second kappa shape index (κ2) is 12.7. The van der Waals surface area contributed by atoms with Crippen molar-refractivity contribution in [2.45, 2.75) is 201 Å². The molecule has 0 N–H and O–H groups in total. The highest BCUT2D eigenvalue weighted by atomic mass is 32.2. The van der Waals surface area contributed by atoms with E-state index < -0.39 is 0 Å². The van der Waals surface area contributed by atoms with Crippen LogP contribution in [0.5, 0.6) is 0 Å². The molecule has 0 aromatic rings. The number of hydrogen-bond acceptors (Lipinski definition) is 3. The van der Waals surface area contributed by atoms with Gasteiger partial charge >= 0.3 is 0 Å². The predicted octanol–water partition coefficient (Wildman–Crippen LogP) is 10.4. The molecule has 2 heterocycles. The van der Waals surface area contributed by atoms with Gasteiger partial charge in [-0.05, 0) is 131 Å². The summed E-state index contributed by atoms with van der Waals surface area (Å²) in [5.74, 6) is 8.13. The summed E-state index contributed by atoms with van der Waals surface area (Å²) in [7, 11) is 0. The van der Waals surface area contributed by atoms with Crippen molar-refractivity contribution >= 4 is 11.8 Å². The molecule has 12 unspecified atom stereocenters. The number of thioether (sulfide) groups is 1. The number of nitrogens with zero attached hydrogens (tertiary/aromatic N) is 1. The molecular formula is C40H65NOS. The molecule has 9 rings (SSSR count). The highest BCUT2D eigenvalue weighted by Crippen LogP contribution is 2.63. The maximum absolute atomic E-state index is 6.82. The van der Waals surface area contributed by atoms with Crippen LogP contribution in [-0.4, -0.2) is 45.7 Å². The number of rotatable bonds is 4. The molecule has 0 spiro atoms. The van der Waals surface area contributed by atoms with Crippen LogP contribution in [0.1, 0.15) is 161 Å². The molecule has 9 fully saturated rings. The van der Waals surface area contributed by atoms with Crippen LogP contribution in [0.4, 0.5) is 0 Å². The Hall–Kier alpha value is 0.270. The third-order valence-corrected chi connectivity index (χ3v) is 18.1. The normalized spacial score (nSPS) is 52.1. The molecule has 242 valence electrons. The lowest BCUT2D eigenvalue weighted by Crippen LogP contribution is -2.56. The summed E-state index contributed by atoms with van der Waals surface area (Å²) < 4.78 is 6.82. The number of hydrogen-bond donors (Lipinski definition) is 0. The van der Waals surface area contributed by atoms with Crippen LogP contribution in [0.3, 0.4) is 0 Å². The molecule has 3 heteroatoms. The maximum atomic E-state index is 6.82. The minimum absolute atomic E-state index is 0.630. The lowest BCUT2D eigenvalue weighted by Gasteiger charge is -2.54. The summed E-state index contributed by atoms with van der Waals surface area (Å²) >= 11 is 2.59. The van der Waals surface area contributed by atoms with Crippen molar-refractivity contribution in [1.29, 1.82) is 0 Å². The zero-order valence-electron chi connectivity index (χ0n) is 27.6. The van der Waals surface area contributed by atoms with Crippen LogP contribution in [-0.2, 0) is 4.74 Å². The molecule has 2 aliphatic heterocycles. The van der Waals surface area contributed by atoms with Crippen LogP contribution in [0.15, 0.2) is 0 Å².